The summed E-state index contributed by atoms with van der Waals surface area (Å²) >= 11 is 0. The lowest BCUT2D eigenvalue weighted by Gasteiger charge is -2.26. The average Bonchev–Trinajstić information content (AvgIpc) is 3.58. The Morgan fingerprint density at radius 3 is 2.43 bits per heavy atom. The first-order chi connectivity index (χ1) is 26.1. The summed E-state index contributed by atoms with van der Waals surface area (Å²) in [6.07, 6.45) is 6.44. The molecule has 0 fully saturated rings. The number of nitrogens with one attached hydrogen (secondary N) is 3. The monoisotopic (exact) mass is 740 g/mol. The molecule has 4 aromatic rings. The molecule has 3 atom stereocenters. The van der Waals surface area contributed by atoms with Crippen LogP contribution in [-0.2, 0) is 27.3 Å². The molecule has 3 N–H and O–H groups in total. The fourth-order valence-electron chi connectivity index (χ4n) is 6.09. The molecule has 0 bridgehead atoms. The zero-order valence-electron chi connectivity index (χ0n) is 31.4. The number of rotatable bonds is 8. The molecule has 1 aliphatic heterocycles. The van der Waals surface area contributed by atoms with Gasteiger partial charge in [-0.2, -0.15) is 5.10 Å². The van der Waals surface area contributed by atoms with Crippen LogP contribution in [0.4, 0.5) is 0 Å². The number of hydrogen-bond acceptors (Lipinski definition) is 11. The van der Waals surface area contributed by atoms with Crippen molar-refractivity contribution < 1.29 is 28.7 Å². The van der Waals surface area contributed by atoms with Crippen molar-refractivity contribution in [1.29, 1.82) is 0 Å². The van der Waals surface area contributed by atoms with Gasteiger partial charge in [-0.05, 0) is 55.5 Å². The minimum Gasteiger partial charge on any atom is -0.493 e. The number of methoxy groups -OCH3 is 2. The van der Waals surface area contributed by atoms with Crippen LogP contribution in [0.2, 0.25) is 0 Å². The first kappa shape index (κ1) is 39.3. The second kappa shape index (κ2) is 18.7. The largest absolute Gasteiger partial charge is 0.493 e. The van der Waals surface area contributed by atoms with Crippen LogP contribution in [0.3, 0.4) is 0 Å². The van der Waals surface area contributed by atoms with E-state index in [-0.39, 0.29) is 61.2 Å². The summed E-state index contributed by atoms with van der Waals surface area (Å²) in [5, 5.41) is 13.5. The molecule has 0 saturated heterocycles. The summed E-state index contributed by atoms with van der Waals surface area (Å²) in [4.78, 5) is 73.2. The third kappa shape index (κ3) is 10.1. The maximum absolute atomic E-state index is 13.7. The van der Waals surface area contributed by atoms with Gasteiger partial charge in [-0.25, -0.2) is 19.6 Å². The standard InChI is InChI=1S/C38H48N10O6/c1-6-24(2)34-37(51)43-25(3)36-44-31(20-26-13-14-29(53-4)30(19-26)54-5)46-48(36)23-33(50)40-16-10-18-47(17-9-12-32(49)45-34)38(52)27-21-41-35(42-22-27)28-11-7-8-15-39-28/h7-8,11,13-15,19,21-22,24-25,34H,6,9-10,12,16-18,20,23H2,1-5H3,(H,40,50)(H,43,51)(H,45,49)/t24-,25+,34-/m0/s1. The fourth-order valence-corrected chi connectivity index (χ4v) is 6.09. The van der Waals surface area contributed by atoms with E-state index in [1.54, 1.807) is 50.4 Å². The Morgan fingerprint density at radius 1 is 0.963 bits per heavy atom. The van der Waals surface area contributed by atoms with Gasteiger partial charge in [-0.1, -0.05) is 32.4 Å². The Kier molecular flexibility index (Phi) is 13.6. The van der Waals surface area contributed by atoms with Crippen molar-refractivity contribution >= 4 is 23.6 Å². The fraction of sp³-hybridized carbons (Fsp3) is 0.447. The van der Waals surface area contributed by atoms with E-state index in [1.807, 2.05) is 32.0 Å². The Balaban J connectivity index is 1.37. The summed E-state index contributed by atoms with van der Waals surface area (Å²) < 4.78 is 12.3. The van der Waals surface area contributed by atoms with Gasteiger partial charge in [0.1, 0.15) is 24.1 Å². The van der Waals surface area contributed by atoms with Gasteiger partial charge in [0, 0.05) is 51.1 Å². The molecule has 3 aromatic heterocycles. The highest BCUT2D eigenvalue weighted by molar-refractivity contribution is 5.94. The molecular weight excluding hydrogens is 692 g/mol. The average molecular weight is 741 g/mol. The molecule has 54 heavy (non-hydrogen) atoms. The summed E-state index contributed by atoms with van der Waals surface area (Å²) in [6, 6.07) is 9.46. The predicted molar refractivity (Wildman–Crippen MR) is 198 cm³/mol. The van der Waals surface area contributed by atoms with E-state index in [4.69, 9.17) is 14.5 Å². The van der Waals surface area contributed by atoms with Gasteiger partial charge in [0.15, 0.2) is 23.1 Å². The molecule has 1 aliphatic rings. The van der Waals surface area contributed by atoms with Gasteiger partial charge in [-0.15, -0.1) is 0 Å². The van der Waals surface area contributed by atoms with Gasteiger partial charge in [0.25, 0.3) is 5.91 Å². The zero-order valence-corrected chi connectivity index (χ0v) is 31.4. The van der Waals surface area contributed by atoms with Crippen LogP contribution < -0.4 is 25.4 Å². The van der Waals surface area contributed by atoms with E-state index >= 15 is 0 Å². The van der Waals surface area contributed by atoms with Gasteiger partial charge < -0.3 is 30.3 Å². The number of nitrogens with zero attached hydrogens (tertiary/aromatic N) is 7. The Bertz CT molecular complexity index is 1900. The van der Waals surface area contributed by atoms with Crippen molar-refractivity contribution in [2.45, 2.75) is 71.5 Å². The van der Waals surface area contributed by atoms with Crippen LogP contribution in [-0.4, -0.2) is 98.1 Å². The first-order valence-electron chi connectivity index (χ1n) is 18.1. The number of ether oxygens (including phenoxy) is 2. The molecule has 0 spiro atoms. The highest BCUT2D eigenvalue weighted by Gasteiger charge is 2.29. The Labute approximate surface area is 314 Å². The molecule has 1 aromatic carbocycles. The Morgan fingerprint density at radius 2 is 1.72 bits per heavy atom. The van der Waals surface area contributed by atoms with Crippen molar-refractivity contribution in [2.75, 3.05) is 33.9 Å². The van der Waals surface area contributed by atoms with Crippen molar-refractivity contribution in [3.8, 4) is 23.0 Å². The van der Waals surface area contributed by atoms with E-state index in [0.717, 1.165) is 5.56 Å². The molecular formula is C38H48N10O6. The quantitative estimate of drug-likeness (QED) is 0.240. The molecule has 16 heteroatoms. The second-order valence-electron chi connectivity index (χ2n) is 13.2. The van der Waals surface area contributed by atoms with E-state index in [9.17, 15) is 19.2 Å². The minimum absolute atomic E-state index is 0.0965. The third-order valence-electron chi connectivity index (χ3n) is 9.24. The minimum atomic E-state index is -0.817. The van der Waals surface area contributed by atoms with Crippen molar-refractivity contribution in [2.24, 2.45) is 5.92 Å². The van der Waals surface area contributed by atoms with E-state index in [2.05, 4.69) is 36.0 Å². The smallest absolute Gasteiger partial charge is 0.256 e. The van der Waals surface area contributed by atoms with Crippen LogP contribution in [0, 0.1) is 5.92 Å². The highest BCUT2D eigenvalue weighted by Crippen LogP contribution is 2.28. The Hall–Kier alpha value is -5.93. The highest BCUT2D eigenvalue weighted by atomic mass is 16.5. The lowest BCUT2D eigenvalue weighted by molar-refractivity contribution is -0.130. The first-order valence-corrected chi connectivity index (χ1v) is 18.1. The summed E-state index contributed by atoms with van der Waals surface area (Å²) in [6.45, 7) is 6.33. The molecule has 16 nitrogen and oxygen atoms in total. The molecule has 0 unspecified atom stereocenters. The van der Waals surface area contributed by atoms with Gasteiger partial charge in [0.05, 0.1) is 25.8 Å². The molecule has 5 rings (SSSR count). The number of hydrogen-bond donors (Lipinski definition) is 3. The lowest BCUT2D eigenvalue weighted by Crippen LogP contribution is -2.51. The van der Waals surface area contributed by atoms with Crippen LogP contribution >= 0.6 is 0 Å². The number of amides is 4. The predicted octanol–water partition coefficient (Wildman–Crippen LogP) is 2.89. The maximum atomic E-state index is 13.7. The summed E-state index contributed by atoms with van der Waals surface area (Å²) in [5.74, 6) is 0.903. The van der Waals surface area contributed by atoms with Gasteiger partial charge >= 0.3 is 0 Å². The summed E-state index contributed by atoms with van der Waals surface area (Å²) in [7, 11) is 3.12. The van der Waals surface area contributed by atoms with Crippen LogP contribution in [0.15, 0.2) is 55.0 Å². The van der Waals surface area contributed by atoms with Crippen LogP contribution in [0.5, 0.6) is 11.5 Å². The summed E-state index contributed by atoms with van der Waals surface area (Å²) in [5.41, 5.74) is 1.73. The van der Waals surface area contributed by atoms with E-state index in [0.29, 0.717) is 66.9 Å². The normalized spacial score (nSPS) is 18.2. The number of benzene rings is 1. The number of fused-ring (bicyclic) bond motifs is 1. The van der Waals surface area contributed by atoms with Crippen LogP contribution in [0.1, 0.15) is 80.1 Å². The molecule has 0 saturated carbocycles. The number of carbonyl (C=O) groups is 4. The second-order valence-corrected chi connectivity index (χ2v) is 13.2. The number of aromatic nitrogens is 6. The maximum Gasteiger partial charge on any atom is 0.256 e. The topological polar surface area (TPSA) is 195 Å². The molecule has 286 valence electrons. The van der Waals surface area contributed by atoms with Crippen molar-refractivity contribution in [3.63, 3.8) is 0 Å². The molecule has 4 heterocycles. The van der Waals surface area contributed by atoms with Crippen molar-refractivity contribution in [3.05, 3.63) is 77.8 Å². The number of pyridine rings is 1. The lowest BCUT2D eigenvalue weighted by atomic mass is 9.97. The van der Waals surface area contributed by atoms with E-state index in [1.165, 1.54) is 17.1 Å². The third-order valence-corrected chi connectivity index (χ3v) is 9.24. The van der Waals surface area contributed by atoms with Crippen molar-refractivity contribution in [1.82, 2.24) is 50.6 Å². The van der Waals surface area contributed by atoms with Crippen LogP contribution in [0.25, 0.3) is 11.5 Å². The molecule has 0 radical (unpaired) electrons. The zero-order chi connectivity index (χ0) is 38.6. The molecule has 0 aliphatic carbocycles. The van der Waals surface area contributed by atoms with Gasteiger partial charge in [0.2, 0.25) is 17.7 Å². The number of carbonyl (C=O) groups excluding carboxylic acids is 4. The van der Waals surface area contributed by atoms with Gasteiger partial charge in [-0.3, -0.25) is 24.2 Å². The molecule has 4 amide bonds. The SMILES string of the molecule is CC[C@H](C)[C@@H]1NC(=O)CCCN(C(=O)c2cnc(-c3ccccn3)nc2)CCCNC(=O)Cn2nc(Cc3ccc(OC)c(OC)c3)nc2[C@@H](C)NC1=O. The van der Waals surface area contributed by atoms with E-state index < -0.39 is 12.1 Å².